The van der Waals surface area contributed by atoms with Crippen molar-refractivity contribution in [3.63, 3.8) is 0 Å². The van der Waals surface area contributed by atoms with Crippen LogP contribution in [0, 0.1) is 13.8 Å². The van der Waals surface area contributed by atoms with Gasteiger partial charge in [-0.15, -0.1) is 0 Å². The van der Waals surface area contributed by atoms with E-state index in [0.29, 0.717) is 12.1 Å². The number of benzene rings is 1. The standard InChI is InChI=1S/C17H28N2/c1-13-9-14(2)11-17(10-13)16(4)18-12-15(3)19-7-5-6-8-19/h9-11,15-16,18H,5-8,12H2,1-4H3. The molecule has 0 radical (unpaired) electrons. The first-order valence-electron chi connectivity index (χ1n) is 7.62. The molecule has 19 heavy (non-hydrogen) atoms. The van der Waals surface area contributed by atoms with E-state index >= 15 is 0 Å². The summed E-state index contributed by atoms with van der Waals surface area (Å²) in [5, 5.41) is 3.69. The van der Waals surface area contributed by atoms with Gasteiger partial charge in [0, 0.05) is 18.6 Å². The Hall–Kier alpha value is -0.860. The molecule has 0 saturated carbocycles. The van der Waals surface area contributed by atoms with Crippen LogP contribution in [0.5, 0.6) is 0 Å². The van der Waals surface area contributed by atoms with Gasteiger partial charge in [0.05, 0.1) is 0 Å². The van der Waals surface area contributed by atoms with Crippen molar-refractivity contribution in [3.05, 3.63) is 34.9 Å². The van der Waals surface area contributed by atoms with E-state index in [1.54, 1.807) is 0 Å². The Morgan fingerprint density at radius 2 is 1.63 bits per heavy atom. The van der Waals surface area contributed by atoms with E-state index in [2.05, 4.69) is 56.1 Å². The lowest BCUT2D eigenvalue weighted by Gasteiger charge is -2.26. The SMILES string of the molecule is Cc1cc(C)cc(C(C)NCC(C)N2CCCC2)c1. The molecule has 1 aliphatic heterocycles. The summed E-state index contributed by atoms with van der Waals surface area (Å²) in [6, 6.07) is 7.92. The van der Waals surface area contributed by atoms with Gasteiger partial charge in [-0.25, -0.2) is 0 Å². The Balaban J connectivity index is 1.87. The molecule has 1 N–H and O–H groups in total. The van der Waals surface area contributed by atoms with E-state index < -0.39 is 0 Å². The van der Waals surface area contributed by atoms with Crippen LogP contribution in [0.15, 0.2) is 18.2 Å². The van der Waals surface area contributed by atoms with Gasteiger partial charge in [-0.3, -0.25) is 4.90 Å². The number of hydrogen-bond donors (Lipinski definition) is 1. The molecule has 2 atom stereocenters. The highest BCUT2D eigenvalue weighted by atomic mass is 15.2. The fourth-order valence-corrected chi connectivity index (χ4v) is 3.04. The molecule has 0 spiro atoms. The molecule has 2 unspecified atom stereocenters. The highest BCUT2D eigenvalue weighted by molar-refractivity contribution is 5.30. The number of nitrogens with one attached hydrogen (secondary N) is 1. The van der Waals surface area contributed by atoms with Crippen LogP contribution in [-0.4, -0.2) is 30.6 Å². The lowest BCUT2D eigenvalue weighted by atomic mass is 10.0. The Morgan fingerprint density at radius 1 is 1.05 bits per heavy atom. The topological polar surface area (TPSA) is 15.3 Å². The molecule has 2 nitrogen and oxygen atoms in total. The molecule has 1 heterocycles. The van der Waals surface area contributed by atoms with Crippen molar-refractivity contribution in [3.8, 4) is 0 Å². The first-order chi connectivity index (χ1) is 9.06. The highest BCUT2D eigenvalue weighted by Crippen LogP contribution is 2.17. The van der Waals surface area contributed by atoms with Gasteiger partial charge < -0.3 is 5.32 Å². The van der Waals surface area contributed by atoms with Gasteiger partial charge in [0.2, 0.25) is 0 Å². The maximum Gasteiger partial charge on any atom is 0.0292 e. The molecular weight excluding hydrogens is 232 g/mol. The fraction of sp³-hybridized carbons (Fsp3) is 0.647. The molecule has 0 aliphatic carbocycles. The maximum atomic E-state index is 3.69. The quantitative estimate of drug-likeness (QED) is 0.872. The van der Waals surface area contributed by atoms with Gasteiger partial charge >= 0.3 is 0 Å². The Labute approximate surface area is 118 Å². The van der Waals surface area contributed by atoms with Crippen LogP contribution < -0.4 is 5.32 Å². The van der Waals surface area contributed by atoms with Crippen LogP contribution in [0.25, 0.3) is 0 Å². The van der Waals surface area contributed by atoms with E-state index in [-0.39, 0.29) is 0 Å². The normalized spacial score (nSPS) is 19.6. The molecule has 1 fully saturated rings. The lowest BCUT2D eigenvalue weighted by Crippen LogP contribution is -2.39. The first-order valence-corrected chi connectivity index (χ1v) is 7.62. The van der Waals surface area contributed by atoms with Crippen LogP contribution in [0.2, 0.25) is 0 Å². The van der Waals surface area contributed by atoms with Crippen LogP contribution in [0.1, 0.15) is 49.4 Å². The van der Waals surface area contributed by atoms with E-state index in [9.17, 15) is 0 Å². The van der Waals surface area contributed by atoms with Gasteiger partial charge in [0.1, 0.15) is 0 Å². The minimum absolute atomic E-state index is 0.434. The van der Waals surface area contributed by atoms with Gasteiger partial charge in [0.15, 0.2) is 0 Å². The third-order valence-corrected chi connectivity index (χ3v) is 4.23. The van der Waals surface area contributed by atoms with Crippen LogP contribution in [0.3, 0.4) is 0 Å². The Bertz CT molecular complexity index is 387. The number of rotatable bonds is 5. The van der Waals surface area contributed by atoms with Crippen LogP contribution >= 0.6 is 0 Å². The summed E-state index contributed by atoms with van der Waals surface area (Å²) >= 11 is 0. The second-order valence-electron chi connectivity index (χ2n) is 6.14. The third-order valence-electron chi connectivity index (χ3n) is 4.23. The zero-order valence-electron chi connectivity index (χ0n) is 12.9. The van der Waals surface area contributed by atoms with Crippen molar-refractivity contribution in [1.82, 2.24) is 10.2 Å². The lowest BCUT2D eigenvalue weighted by molar-refractivity contribution is 0.247. The van der Waals surface area contributed by atoms with E-state index in [1.165, 1.54) is 42.6 Å². The average molecular weight is 260 g/mol. The van der Waals surface area contributed by atoms with E-state index in [0.717, 1.165) is 6.54 Å². The first kappa shape index (κ1) is 14.5. The molecule has 1 saturated heterocycles. The van der Waals surface area contributed by atoms with Gasteiger partial charge in [-0.05, 0) is 59.2 Å². The summed E-state index contributed by atoms with van der Waals surface area (Å²) in [5.74, 6) is 0. The molecule has 1 aromatic rings. The summed E-state index contributed by atoms with van der Waals surface area (Å²) in [4.78, 5) is 2.60. The molecule has 1 aliphatic rings. The Kier molecular flexibility index (Phi) is 5.00. The molecule has 2 rings (SSSR count). The number of hydrogen-bond acceptors (Lipinski definition) is 2. The number of nitrogens with zero attached hydrogens (tertiary/aromatic N) is 1. The van der Waals surface area contributed by atoms with E-state index in [4.69, 9.17) is 0 Å². The van der Waals surface area contributed by atoms with Crippen molar-refractivity contribution in [1.29, 1.82) is 0 Å². The van der Waals surface area contributed by atoms with Gasteiger partial charge in [0.25, 0.3) is 0 Å². The molecule has 1 aromatic carbocycles. The number of likely N-dealkylation sites (tertiary alicyclic amines) is 1. The largest absolute Gasteiger partial charge is 0.309 e. The van der Waals surface area contributed by atoms with Gasteiger partial charge in [-0.1, -0.05) is 29.3 Å². The van der Waals surface area contributed by atoms with E-state index in [1.807, 2.05) is 0 Å². The van der Waals surface area contributed by atoms with Crippen molar-refractivity contribution < 1.29 is 0 Å². The molecular formula is C17H28N2. The predicted molar refractivity (Wildman–Crippen MR) is 82.6 cm³/mol. The zero-order chi connectivity index (χ0) is 13.8. The second kappa shape index (κ2) is 6.53. The molecule has 0 aromatic heterocycles. The summed E-state index contributed by atoms with van der Waals surface area (Å²) in [6.45, 7) is 12.6. The average Bonchev–Trinajstić information content (AvgIpc) is 2.88. The summed E-state index contributed by atoms with van der Waals surface area (Å²) < 4.78 is 0. The minimum atomic E-state index is 0.434. The van der Waals surface area contributed by atoms with Crippen molar-refractivity contribution in [2.45, 2.75) is 52.6 Å². The van der Waals surface area contributed by atoms with Gasteiger partial charge in [-0.2, -0.15) is 0 Å². The van der Waals surface area contributed by atoms with Crippen LogP contribution in [0.4, 0.5) is 0 Å². The molecule has 2 heteroatoms. The molecule has 0 bridgehead atoms. The van der Waals surface area contributed by atoms with Crippen molar-refractivity contribution in [2.24, 2.45) is 0 Å². The molecule has 0 amide bonds. The summed E-state index contributed by atoms with van der Waals surface area (Å²) in [7, 11) is 0. The van der Waals surface area contributed by atoms with Crippen molar-refractivity contribution in [2.75, 3.05) is 19.6 Å². The van der Waals surface area contributed by atoms with Crippen molar-refractivity contribution >= 4 is 0 Å². The maximum absolute atomic E-state index is 3.69. The number of aryl methyl sites for hydroxylation is 2. The fourth-order valence-electron chi connectivity index (χ4n) is 3.04. The van der Waals surface area contributed by atoms with Crippen LogP contribution in [-0.2, 0) is 0 Å². The highest BCUT2D eigenvalue weighted by Gasteiger charge is 2.18. The monoisotopic (exact) mass is 260 g/mol. The smallest absolute Gasteiger partial charge is 0.0292 e. The summed E-state index contributed by atoms with van der Waals surface area (Å²) in [5.41, 5.74) is 4.12. The summed E-state index contributed by atoms with van der Waals surface area (Å²) in [6.07, 6.45) is 2.74. The third kappa shape index (κ3) is 4.05. The minimum Gasteiger partial charge on any atom is -0.309 e. The second-order valence-corrected chi connectivity index (χ2v) is 6.14. The zero-order valence-corrected chi connectivity index (χ0v) is 12.9. The Morgan fingerprint density at radius 3 is 2.21 bits per heavy atom. The predicted octanol–water partition coefficient (Wildman–Crippen LogP) is 3.44. The molecule has 106 valence electrons.